The van der Waals surface area contributed by atoms with Gasteiger partial charge in [-0.05, 0) is 35.4 Å². The maximum atomic E-state index is 12.8. The summed E-state index contributed by atoms with van der Waals surface area (Å²) in [5, 5.41) is 2.80. The molecule has 3 aromatic rings. The fourth-order valence-corrected chi connectivity index (χ4v) is 2.06. The minimum absolute atomic E-state index is 0.0989. The van der Waals surface area contributed by atoms with Gasteiger partial charge in [-0.3, -0.25) is 4.79 Å². The molecular formula is C16H13FN2O2. The molecule has 1 amide bonds. The molecule has 2 aromatic carbocycles. The Hall–Kier alpha value is -2.69. The molecule has 0 atom stereocenters. The quantitative estimate of drug-likeness (QED) is 0.801. The fourth-order valence-electron chi connectivity index (χ4n) is 2.06. The zero-order chi connectivity index (χ0) is 14.7. The highest BCUT2D eigenvalue weighted by atomic mass is 19.1. The Bertz CT molecular complexity index is 765. The van der Waals surface area contributed by atoms with Crippen molar-refractivity contribution in [2.45, 2.75) is 13.0 Å². The van der Waals surface area contributed by atoms with Crippen LogP contribution in [0.1, 0.15) is 11.1 Å². The molecule has 4 nitrogen and oxygen atoms in total. The van der Waals surface area contributed by atoms with Crippen LogP contribution in [0.2, 0.25) is 0 Å². The monoisotopic (exact) mass is 284 g/mol. The predicted octanol–water partition coefficient (Wildman–Crippen LogP) is 2.83. The summed E-state index contributed by atoms with van der Waals surface area (Å²) in [5.41, 5.74) is 3.15. The second-order valence-electron chi connectivity index (χ2n) is 4.73. The van der Waals surface area contributed by atoms with Crippen LogP contribution in [0.5, 0.6) is 0 Å². The van der Waals surface area contributed by atoms with E-state index in [0.717, 1.165) is 16.6 Å². The summed E-state index contributed by atoms with van der Waals surface area (Å²) in [6.45, 7) is 0.379. The average molecular weight is 284 g/mol. The van der Waals surface area contributed by atoms with Crippen LogP contribution in [0.3, 0.4) is 0 Å². The van der Waals surface area contributed by atoms with E-state index < -0.39 is 0 Å². The lowest BCUT2D eigenvalue weighted by atomic mass is 10.1. The van der Waals surface area contributed by atoms with E-state index in [-0.39, 0.29) is 18.1 Å². The summed E-state index contributed by atoms with van der Waals surface area (Å²) < 4.78 is 18.0. The van der Waals surface area contributed by atoms with E-state index in [9.17, 15) is 9.18 Å². The summed E-state index contributed by atoms with van der Waals surface area (Å²) in [7, 11) is 0. The largest absolute Gasteiger partial charge is 0.443 e. The van der Waals surface area contributed by atoms with Gasteiger partial charge in [0.15, 0.2) is 12.0 Å². The molecular weight excluding hydrogens is 271 g/mol. The molecule has 0 saturated carbocycles. The number of hydrogen-bond acceptors (Lipinski definition) is 3. The molecule has 0 radical (unpaired) electrons. The molecule has 3 rings (SSSR count). The Kier molecular flexibility index (Phi) is 3.64. The third kappa shape index (κ3) is 3.25. The smallest absolute Gasteiger partial charge is 0.224 e. The van der Waals surface area contributed by atoms with Crippen molar-refractivity contribution in [1.82, 2.24) is 10.3 Å². The lowest BCUT2D eigenvalue weighted by Gasteiger charge is -2.05. The van der Waals surface area contributed by atoms with Crippen molar-refractivity contribution >= 4 is 17.0 Å². The second-order valence-corrected chi connectivity index (χ2v) is 4.73. The number of carbonyl (C=O) groups excluding carboxylic acids is 1. The van der Waals surface area contributed by atoms with Crippen LogP contribution in [-0.2, 0) is 17.8 Å². The Balaban J connectivity index is 1.59. The van der Waals surface area contributed by atoms with Gasteiger partial charge < -0.3 is 9.73 Å². The Morgan fingerprint density at radius 3 is 2.71 bits per heavy atom. The first-order valence-corrected chi connectivity index (χ1v) is 6.54. The van der Waals surface area contributed by atoms with Gasteiger partial charge in [0.25, 0.3) is 0 Å². The molecule has 1 heterocycles. The number of rotatable bonds is 4. The van der Waals surface area contributed by atoms with Crippen molar-refractivity contribution in [1.29, 1.82) is 0 Å². The summed E-state index contributed by atoms with van der Waals surface area (Å²) in [4.78, 5) is 15.9. The van der Waals surface area contributed by atoms with Gasteiger partial charge in [-0.15, -0.1) is 0 Å². The molecule has 106 valence electrons. The first-order chi connectivity index (χ1) is 10.2. The van der Waals surface area contributed by atoms with Crippen LogP contribution in [0.25, 0.3) is 11.1 Å². The highest BCUT2D eigenvalue weighted by molar-refractivity contribution is 5.80. The van der Waals surface area contributed by atoms with E-state index in [1.807, 2.05) is 12.1 Å². The highest BCUT2D eigenvalue weighted by Crippen LogP contribution is 2.14. The van der Waals surface area contributed by atoms with Crippen molar-refractivity contribution in [3.8, 4) is 0 Å². The number of oxazole rings is 1. The van der Waals surface area contributed by atoms with Gasteiger partial charge in [-0.25, -0.2) is 9.37 Å². The van der Waals surface area contributed by atoms with Gasteiger partial charge in [-0.1, -0.05) is 18.2 Å². The number of fused-ring (bicyclic) bond motifs is 1. The molecule has 0 saturated heterocycles. The number of nitrogens with zero attached hydrogens (tertiary/aromatic N) is 1. The molecule has 0 aliphatic carbocycles. The number of nitrogens with one attached hydrogen (secondary N) is 1. The van der Waals surface area contributed by atoms with E-state index in [2.05, 4.69) is 10.3 Å². The number of aromatic nitrogens is 1. The highest BCUT2D eigenvalue weighted by Gasteiger charge is 2.06. The fraction of sp³-hybridized carbons (Fsp3) is 0.125. The maximum Gasteiger partial charge on any atom is 0.224 e. The lowest BCUT2D eigenvalue weighted by molar-refractivity contribution is -0.120. The number of carbonyl (C=O) groups is 1. The first kappa shape index (κ1) is 13.3. The molecule has 0 unspecified atom stereocenters. The van der Waals surface area contributed by atoms with Gasteiger partial charge >= 0.3 is 0 Å². The van der Waals surface area contributed by atoms with E-state index in [1.165, 1.54) is 18.5 Å². The van der Waals surface area contributed by atoms with Gasteiger partial charge in [0.2, 0.25) is 5.91 Å². The van der Waals surface area contributed by atoms with Crippen LogP contribution in [0.15, 0.2) is 53.3 Å². The summed E-state index contributed by atoms with van der Waals surface area (Å²) in [6.07, 6.45) is 1.64. The third-order valence-corrected chi connectivity index (χ3v) is 3.16. The lowest BCUT2D eigenvalue weighted by Crippen LogP contribution is -2.24. The Morgan fingerprint density at radius 2 is 1.90 bits per heavy atom. The third-order valence-electron chi connectivity index (χ3n) is 3.16. The van der Waals surface area contributed by atoms with Gasteiger partial charge in [0.05, 0.1) is 6.42 Å². The van der Waals surface area contributed by atoms with E-state index >= 15 is 0 Å². The summed E-state index contributed by atoms with van der Waals surface area (Å²) in [5.74, 6) is -0.386. The molecule has 0 spiro atoms. The topological polar surface area (TPSA) is 55.1 Å². The van der Waals surface area contributed by atoms with E-state index in [4.69, 9.17) is 4.42 Å². The minimum Gasteiger partial charge on any atom is -0.443 e. The zero-order valence-corrected chi connectivity index (χ0v) is 11.2. The molecule has 0 fully saturated rings. The predicted molar refractivity (Wildman–Crippen MR) is 76.0 cm³/mol. The maximum absolute atomic E-state index is 12.8. The van der Waals surface area contributed by atoms with Crippen molar-refractivity contribution in [2.75, 3.05) is 0 Å². The molecule has 0 bridgehead atoms. The molecule has 0 aliphatic rings. The molecule has 0 aliphatic heterocycles. The van der Waals surface area contributed by atoms with Gasteiger partial charge in [0, 0.05) is 6.54 Å². The second kappa shape index (κ2) is 5.75. The molecule has 5 heteroatoms. The molecule has 1 aromatic heterocycles. The number of halogens is 1. The van der Waals surface area contributed by atoms with Crippen molar-refractivity contribution in [2.24, 2.45) is 0 Å². The van der Waals surface area contributed by atoms with Gasteiger partial charge in [0.1, 0.15) is 11.3 Å². The van der Waals surface area contributed by atoms with Gasteiger partial charge in [-0.2, -0.15) is 0 Å². The Labute approximate surface area is 120 Å². The van der Waals surface area contributed by atoms with Crippen molar-refractivity contribution in [3.05, 3.63) is 65.8 Å². The molecule has 21 heavy (non-hydrogen) atoms. The number of benzene rings is 2. The van der Waals surface area contributed by atoms with E-state index in [0.29, 0.717) is 12.1 Å². The van der Waals surface area contributed by atoms with E-state index in [1.54, 1.807) is 18.2 Å². The van der Waals surface area contributed by atoms with Crippen LogP contribution in [0, 0.1) is 5.82 Å². The standard InChI is InChI=1S/C16H13FN2O2/c17-13-4-1-11(2-5-13)9-18-16(20)8-12-3-6-14-15(7-12)21-10-19-14/h1-7,10H,8-9H2,(H,18,20). The van der Waals surface area contributed by atoms with Crippen molar-refractivity contribution in [3.63, 3.8) is 0 Å². The minimum atomic E-state index is -0.287. The zero-order valence-electron chi connectivity index (χ0n) is 11.2. The van der Waals surface area contributed by atoms with Crippen molar-refractivity contribution < 1.29 is 13.6 Å². The van der Waals surface area contributed by atoms with Crippen LogP contribution in [-0.4, -0.2) is 10.9 Å². The summed E-state index contributed by atoms with van der Waals surface area (Å²) >= 11 is 0. The first-order valence-electron chi connectivity index (χ1n) is 6.54. The normalized spacial score (nSPS) is 10.7. The molecule has 1 N–H and O–H groups in total. The van der Waals surface area contributed by atoms with Crippen LogP contribution >= 0.6 is 0 Å². The Morgan fingerprint density at radius 1 is 1.14 bits per heavy atom. The number of hydrogen-bond donors (Lipinski definition) is 1. The van der Waals surface area contributed by atoms with Crippen LogP contribution < -0.4 is 5.32 Å². The van der Waals surface area contributed by atoms with Crippen LogP contribution in [0.4, 0.5) is 4.39 Å². The SMILES string of the molecule is O=C(Cc1ccc2ncoc2c1)NCc1ccc(F)cc1. The summed E-state index contributed by atoms with van der Waals surface area (Å²) in [6, 6.07) is 11.5. The average Bonchev–Trinajstić information content (AvgIpc) is 2.94. The number of amides is 1.